The highest BCUT2D eigenvalue weighted by Gasteiger charge is 2.26. The van der Waals surface area contributed by atoms with Crippen LogP contribution >= 0.6 is 0 Å². The summed E-state index contributed by atoms with van der Waals surface area (Å²) in [6.07, 6.45) is 1.59. The average Bonchev–Trinajstić information content (AvgIpc) is 2.83. The van der Waals surface area contributed by atoms with Crippen molar-refractivity contribution in [2.75, 3.05) is 26.7 Å². The molecule has 2 aromatic carbocycles. The Labute approximate surface area is 185 Å². The Hall–Kier alpha value is -2.86. The van der Waals surface area contributed by atoms with E-state index in [0.29, 0.717) is 19.8 Å². The second kappa shape index (κ2) is 12.1. The first-order chi connectivity index (χ1) is 15.2. The van der Waals surface area contributed by atoms with Crippen LogP contribution in [0.1, 0.15) is 36.5 Å². The van der Waals surface area contributed by atoms with Crippen molar-refractivity contribution in [2.45, 2.75) is 39.5 Å². The molecule has 31 heavy (non-hydrogen) atoms. The van der Waals surface area contributed by atoms with Crippen molar-refractivity contribution in [3.8, 4) is 0 Å². The normalized spacial score (nSPS) is 15.0. The lowest BCUT2D eigenvalue weighted by molar-refractivity contribution is -0.146. The molecule has 0 aromatic heterocycles. The summed E-state index contributed by atoms with van der Waals surface area (Å²) < 4.78 is 10.8. The van der Waals surface area contributed by atoms with E-state index in [4.69, 9.17) is 14.5 Å². The van der Waals surface area contributed by atoms with Gasteiger partial charge in [0.1, 0.15) is 0 Å². The van der Waals surface area contributed by atoms with Gasteiger partial charge in [0.15, 0.2) is 5.96 Å². The average molecular weight is 424 g/mol. The molecule has 0 radical (unpaired) electrons. The van der Waals surface area contributed by atoms with Crippen LogP contribution in [0.4, 0.5) is 0 Å². The van der Waals surface area contributed by atoms with E-state index < -0.39 is 0 Å². The Balaban J connectivity index is 1.60. The largest absolute Gasteiger partial charge is 0.469 e. The predicted octanol–water partition coefficient (Wildman–Crippen LogP) is 3.75. The van der Waals surface area contributed by atoms with Gasteiger partial charge >= 0.3 is 5.97 Å². The van der Waals surface area contributed by atoms with Crippen molar-refractivity contribution in [1.82, 2.24) is 10.2 Å². The molecule has 0 spiro atoms. The topological polar surface area (TPSA) is 63.2 Å². The first-order valence-electron chi connectivity index (χ1n) is 11.0. The summed E-state index contributed by atoms with van der Waals surface area (Å²) in [6, 6.07) is 18.5. The number of aliphatic imine (C=N–C) groups is 1. The molecule has 1 fully saturated rings. The number of likely N-dealkylation sites (tertiary alicyclic amines) is 1. The van der Waals surface area contributed by atoms with E-state index in [0.717, 1.165) is 49.6 Å². The number of carbonyl (C=O) groups excluding carboxylic acids is 1. The number of hydrogen-bond acceptors (Lipinski definition) is 4. The van der Waals surface area contributed by atoms with Crippen molar-refractivity contribution >= 4 is 11.9 Å². The number of hydrogen-bond donors (Lipinski definition) is 1. The number of rotatable bonds is 8. The molecule has 0 unspecified atom stereocenters. The number of nitrogens with one attached hydrogen (secondary N) is 1. The molecule has 6 nitrogen and oxygen atoms in total. The molecule has 1 aliphatic heterocycles. The highest BCUT2D eigenvalue weighted by molar-refractivity contribution is 5.80. The van der Waals surface area contributed by atoms with Gasteiger partial charge in [-0.25, -0.2) is 4.99 Å². The first-order valence-corrected chi connectivity index (χ1v) is 11.0. The van der Waals surface area contributed by atoms with E-state index >= 15 is 0 Å². The summed E-state index contributed by atoms with van der Waals surface area (Å²) in [7, 11) is 1.46. The number of methoxy groups -OCH3 is 1. The van der Waals surface area contributed by atoms with Crippen LogP contribution in [0.15, 0.2) is 59.6 Å². The molecular formula is C25H33N3O3. The third kappa shape index (κ3) is 6.82. The molecule has 0 bridgehead atoms. The molecule has 1 aliphatic rings. The third-order valence-electron chi connectivity index (χ3n) is 5.55. The maximum absolute atomic E-state index is 11.8. The fourth-order valence-electron chi connectivity index (χ4n) is 3.79. The molecular weight excluding hydrogens is 390 g/mol. The molecule has 0 aliphatic carbocycles. The van der Waals surface area contributed by atoms with Gasteiger partial charge < -0.3 is 19.7 Å². The fourth-order valence-corrected chi connectivity index (χ4v) is 3.79. The van der Waals surface area contributed by atoms with Gasteiger partial charge in [-0.3, -0.25) is 4.79 Å². The second-order valence-electron chi connectivity index (χ2n) is 7.70. The monoisotopic (exact) mass is 423 g/mol. The van der Waals surface area contributed by atoms with Gasteiger partial charge in [-0.05, 0) is 36.5 Å². The number of guanidine groups is 1. The van der Waals surface area contributed by atoms with Crippen LogP contribution in [0.25, 0.3) is 0 Å². The number of carbonyl (C=O) groups is 1. The van der Waals surface area contributed by atoms with Crippen LogP contribution < -0.4 is 5.32 Å². The zero-order chi connectivity index (χ0) is 21.9. The number of ether oxygens (including phenoxy) is 2. The number of piperidine rings is 1. The van der Waals surface area contributed by atoms with Crippen molar-refractivity contribution < 1.29 is 14.3 Å². The van der Waals surface area contributed by atoms with E-state index in [1.165, 1.54) is 12.7 Å². The summed E-state index contributed by atoms with van der Waals surface area (Å²) in [6.45, 7) is 6.21. The molecule has 1 saturated heterocycles. The number of benzene rings is 2. The number of esters is 1. The van der Waals surface area contributed by atoms with Gasteiger partial charge in [-0.1, -0.05) is 54.6 Å². The molecule has 1 heterocycles. The maximum atomic E-state index is 11.8. The van der Waals surface area contributed by atoms with Gasteiger partial charge in [-0.15, -0.1) is 0 Å². The summed E-state index contributed by atoms with van der Waals surface area (Å²) >= 11 is 0. The van der Waals surface area contributed by atoms with E-state index in [2.05, 4.69) is 41.4 Å². The third-order valence-corrected chi connectivity index (χ3v) is 5.55. The van der Waals surface area contributed by atoms with Crippen molar-refractivity contribution in [3.05, 3.63) is 71.3 Å². The van der Waals surface area contributed by atoms with Gasteiger partial charge in [0, 0.05) is 19.6 Å². The molecule has 0 amide bonds. The SMILES string of the molecule is CCNC(=NCc1ccccc1COCc1ccccc1)N1CCC(C(=O)OC)CC1. The van der Waals surface area contributed by atoms with Gasteiger partial charge in [0.2, 0.25) is 0 Å². The van der Waals surface area contributed by atoms with E-state index in [1.807, 2.05) is 30.3 Å². The van der Waals surface area contributed by atoms with Crippen molar-refractivity contribution in [3.63, 3.8) is 0 Å². The molecule has 0 atom stereocenters. The lowest BCUT2D eigenvalue weighted by Gasteiger charge is -2.33. The molecule has 0 saturated carbocycles. The lowest BCUT2D eigenvalue weighted by atomic mass is 9.97. The molecule has 3 rings (SSSR count). The summed E-state index contributed by atoms with van der Waals surface area (Å²) in [5.74, 6) is 0.781. The maximum Gasteiger partial charge on any atom is 0.308 e. The lowest BCUT2D eigenvalue weighted by Crippen LogP contribution is -2.46. The van der Waals surface area contributed by atoms with Crippen LogP contribution in [-0.4, -0.2) is 43.6 Å². The minimum Gasteiger partial charge on any atom is -0.469 e. The summed E-state index contributed by atoms with van der Waals surface area (Å²) in [5, 5.41) is 3.39. The zero-order valence-corrected chi connectivity index (χ0v) is 18.5. The van der Waals surface area contributed by atoms with Crippen LogP contribution in [0, 0.1) is 5.92 Å². The first kappa shape index (κ1) is 22.8. The highest BCUT2D eigenvalue weighted by atomic mass is 16.5. The van der Waals surface area contributed by atoms with Gasteiger partial charge in [-0.2, -0.15) is 0 Å². The number of nitrogens with zero attached hydrogens (tertiary/aromatic N) is 2. The summed E-state index contributed by atoms with van der Waals surface area (Å²) in [4.78, 5) is 18.9. The smallest absolute Gasteiger partial charge is 0.308 e. The Kier molecular flexibility index (Phi) is 8.91. The summed E-state index contributed by atoms with van der Waals surface area (Å²) in [5.41, 5.74) is 3.49. The molecule has 2 aromatic rings. The highest BCUT2D eigenvalue weighted by Crippen LogP contribution is 2.19. The minimum absolute atomic E-state index is 0.00776. The fraction of sp³-hybridized carbons (Fsp3) is 0.440. The molecule has 6 heteroatoms. The van der Waals surface area contributed by atoms with E-state index in [-0.39, 0.29) is 11.9 Å². The van der Waals surface area contributed by atoms with Gasteiger partial charge in [0.25, 0.3) is 0 Å². The Morgan fingerprint density at radius 1 is 1.03 bits per heavy atom. The predicted molar refractivity (Wildman–Crippen MR) is 123 cm³/mol. The van der Waals surface area contributed by atoms with Gasteiger partial charge in [0.05, 0.1) is 32.8 Å². The second-order valence-corrected chi connectivity index (χ2v) is 7.70. The van der Waals surface area contributed by atoms with Crippen molar-refractivity contribution in [1.29, 1.82) is 0 Å². The zero-order valence-electron chi connectivity index (χ0n) is 18.5. The van der Waals surface area contributed by atoms with E-state index in [9.17, 15) is 4.79 Å². The van der Waals surface area contributed by atoms with Crippen LogP contribution in [0.5, 0.6) is 0 Å². The van der Waals surface area contributed by atoms with E-state index in [1.54, 1.807) is 0 Å². The Morgan fingerprint density at radius 3 is 2.39 bits per heavy atom. The minimum atomic E-state index is -0.106. The standard InChI is InChI=1S/C25H33N3O3/c1-3-26-25(28-15-13-21(14-16-28)24(29)30-2)27-17-22-11-7-8-12-23(22)19-31-18-20-9-5-4-6-10-20/h4-12,21H,3,13-19H2,1-2H3,(H,26,27). The van der Waals surface area contributed by atoms with Crippen molar-refractivity contribution in [2.24, 2.45) is 10.9 Å². The Bertz CT molecular complexity index is 846. The van der Waals surface area contributed by atoms with Crippen LogP contribution in [0.3, 0.4) is 0 Å². The molecule has 166 valence electrons. The van der Waals surface area contributed by atoms with Crippen LogP contribution in [-0.2, 0) is 34.0 Å². The Morgan fingerprint density at radius 2 is 1.71 bits per heavy atom. The van der Waals surface area contributed by atoms with Crippen LogP contribution in [0.2, 0.25) is 0 Å². The quantitative estimate of drug-likeness (QED) is 0.398. The molecule has 1 N–H and O–H groups in total.